The summed E-state index contributed by atoms with van der Waals surface area (Å²) < 4.78 is 11.4. The third-order valence-electron chi connectivity index (χ3n) is 4.08. The zero-order chi connectivity index (χ0) is 13.2. The molecule has 1 saturated heterocycles. The van der Waals surface area contributed by atoms with Crippen LogP contribution in [0.5, 0.6) is 0 Å². The number of aromatic nitrogens is 2. The van der Waals surface area contributed by atoms with E-state index >= 15 is 0 Å². The third kappa shape index (κ3) is 1.68. The van der Waals surface area contributed by atoms with Crippen LogP contribution in [0, 0.1) is 0 Å². The molecule has 18 heavy (non-hydrogen) atoms. The molecule has 1 saturated carbocycles. The van der Waals surface area contributed by atoms with Crippen molar-refractivity contribution < 1.29 is 9.26 Å². The van der Waals surface area contributed by atoms with E-state index in [1.54, 1.807) is 0 Å². The van der Waals surface area contributed by atoms with Gasteiger partial charge in [0.25, 0.3) is 0 Å². The maximum atomic E-state index is 6.56. The van der Waals surface area contributed by atoms with Crippen molar-refractivity contribution in [2.24, 2.45) is 5.73 Å². The molecule has 0 aromatic carbocycles. The molecule has 1 aromatic heterocycles. The van der Waals surface area contributed by atoms with Gasteiger partial charge in [0.2, 0.25) is 5.89 Å². The average Bonchev–Trinajstić information content (AvgIpc) is 2.88. The van der Waals surface area contributed by atoms with Crippen LogP contribution in [-0.2, 0) is 10.3 Å². The first-order valence-electron chi connectivity index (χ1n) is 6.57. The molecule has 5 nitrogen and oxygen atoms in total. The van der Waals surface area contributed by atoms with E-state index in [9.17, 15) is 0 Å². The summed E-state index contributed by atoms with van der Waals surface area (Å²) in [5, 5.41) is 4.10. The first kappa shape index (κ1) is 12.1. The average molecular weight is 251 g/mol. The Balaban J connectivity index is 1.97. The number of rotatable bonds is 2. The molecule has 100 valence electrons. The fourth-order valence-electron chi connectivity index (χ4n) is 2.96. The molecule has 1 aromatic rings. The van der Waals surface area contributed by atoms with Gasteiger partial charge in [-0.2, -0.15) is 4.98 Å². The lowest BCUT2D eigenvalue weighted by Crippen LogP contribution is -2.51. The molecule has 0 radical (unpaired) electrons. The van der Waals surface area contributed by atoms with Gasteiger partial charge in [-0.1, -0.05) is 5.16 Å². The summed E-state index contributed by atoms with van der Waals surface area (Å²) >= 11 is 0. The molecule has 1 aliphatic heterocycles. The lowest BCUT2D eigenvalue weighted by atomic mass is 9.79. The van der Waals surface area contributed by atoms with E-state index in [0.717, 1.165) is 18.7 Å². The van der Waals surface area contributed by atoms with E-state index in [2.05, 4.69) is 10.1 Å². The van der Waals surface area contributed by atoms with Crippen LogP contribution in [0.25, 0.3) is 0 Å². The Labute approximate surface area is 107 Å². The van der Waals surface area contributed by atoms with E-state index in [1.165, 1.54) is 0 Å². The van der Waals surface area contributed by atoms with E-state index in [0.29, 0.717) is 18.2 Å². The van der Waals surface area contributed by atoms with Gasteiger partial charge in [-0.15, -0.1) is 0 Å². The minimum Gasteiger partial charge on any atom is -0.367 e. The van der Waals surface area contributed by atoms with Crippen molar-refractivity contribution >= 4 is 0 Å². The molecule has 2 heterocycles. The Kier molecular flexibility index (Phi) is 2.24. The molecule has 1 atom stereocenters. The molecule has 2 aliphatic rings. The molecular formula is C13H21N3O2. The summed E-state index contributed by atoms with van der Waals surface area (Å²) in [6.07, 6.45) is 2.98. The molecular weight excluding hydrogens is 230 g/mol. The number of hydrogen-bond donors (Lipinski definition) is 1. The van der Waals surface area contributed by atoms with Crippen LogP contribution < -0.4 is 5.73 Å². The quantitative estimate of drug-likeness (QED) is 0.871. The Hall–Kier alpha value is -0.940. The fourth-order valence-corrected chi connectivity index (χ4v) is 2.96. The van der Waals surface area contributed by atoms with E-state index < -0.39 is 11.1 Å². The summed E-state index contributed by atoms with van der Waals surface area (Å²) in [7, 11) is 0. The standard InChI is InChI=1S/C13H21N3O2/c1-11(2)7-13(14,12(3,4)18-11)10-15-9(17-16-10)8-5-6-8/h8H,5-7,14H2,1-4H3. The lowest BCUT2D eigenvalue weighted by Gasteiger charge is -2.33. The number of hydrogen-bond acceptors (Lipinski definition) is 5. The highest BCUT2D eigenvalue weighted by molar-refractivity contribution is 5.19. The Bertz CT molecular complexity index is 476. The second-order valence-corrected chi connectivity index (χ2v) is 6.75. The first-order valence-corrected chi connectivity index (χ1v) is 6.57. The SMILES string of the molecule is CC1(C)CC(N)(c2noc(C3CC3)n2)C(C)(C)O1. The smallest absolute Gasteiger partial charge is 0.229 e. The second kappa shape index (κ2) is 3.33. The molecule has 2 N–H and O–H groups in total. The van der Waals surface area contributed by atoms with Crippen LogP contribution in [0.2, 0.25) is 0 Å². The zero-order valence-corrected chi connectivity index (χ0v) is 11.5. The molecule has 0 spiro atoms. The van der Waals surface area contributed by atoms with Gasteiger partial charge >= 0.3 is 0 Å². The highest BCUT2D eigenvalue weighted by Crippen LogP contribution is 2.49. The van der Waals surface area contributed by atoms with Crippen LogP contribution in [-0.4, -0.2) is 21.3 Å². The number of nitrogens with zero attached hydrogens (tertiary/aromatic N) is 2. The summed E-state index contributed by atoms with van der Waals surface area (Å²) in [5.41, 5.74) is 5.11. The maximum Gasteiger partial charge on any atom is 0.229 e. The molecule has 5 heteroatoms. The maximum absolute atomic E-state index is 6.56. The Morgan fingerprint density at radius 2 is 1.89 bits per heavy atom. The van der Waals surface area contributed by atoms with Gasteiger partial charge in [0.05, 0.1) is 11.2 Å². The van der Waals surface area contributed by atoms with Gasteiger partial charge in [0.15, 0.2) is 5.82 Å². The van der Waals surface area contributed by atoms with Crippen molar-refractivity contribution in [3.8, 4) is 0 Å². The predicted molar refractivity (Wildman–Crippen MR) is 66.0 cm³/mol. The summed E-state index contributed by atoms with van der Waals surface area (Å²) in [6.45, 7) is 8.08. The van der Waals surface area contributed by atoms with Crippen molar-refractivity contribution in [1.29, 1.82) is 0 Å². The fraction of sp³-hybridized carbons (Fsp3) is 0.846. The molecule has 3 rings (SSSR count). The highest BCUT2D eigenvalue weighted by Gasteiger charge is 2.58. The minimum atomic E-state index is -0.687. The van der Waals surface area contributed by atoms with Crippen molar-refractivity contribution in [2.75, 3.05) is 0 Å². The van der Waals surface area contributed by atoms with E-state index in [1.807, 2.05) is 27.7 Å². The molecule has 2 fully saturated rings. The van der Waals surface area contributed by atoms with E-state index in [-0.39, 0.29) is 5.60 Å². The Morgan fingerprint density at radius 3 is 2.39 bits per heavy atom. The highest BCUT2D eigenvalue weighted by atomic mass is 16.5. The van der Waals surface area contributed by atoms with Gasteiger partial charge in [-0.05, 0) is 40.5 Å². The molecule has 0 amide bonds. The van der Waals surface area contributed by atoms with Crippen molar-refractivity contribution in [1.82, 2.24) is 10.1 Å². The van der Waals surface area contributed by atoms with Gasteiger partial charge in [-0.25, -0.2) is 0 Å². The summed E-state index contributed by atoms with van der Waals surface area (Å²) in [4.78, 5) is 4.50. The van der Waals surface area contributed by atoms with Crippen molar-refractivity contribution in [3.05, 3.63) is 11.7 Å². The Morgan fingerprint density at radius 1 is 1.22 bits per heavy atom. The molecule has 1 aliphatic carbocycles. The van der Waals surface area contributed by atoms with Crippen LogP contribution in [0.4, 0.5) is 0 Å². The lowest BCUT2D eigenvalue weighted by molar-refractivity contribution is -0.0805. The second-order valence-electron chi connectivity index (χ2n) is 6.75. The summed E-state index contributed by atoms with van der Waals surface area (Å²) in [6, 6.07) is 0. The van der Waals surface area contributed by atoms with Gasteiger partial charge in [0.1, 0.15) is 5.54 Å². The van der Waals surface area contributed by atoms with Crippen LogP contribution in [0.3, 0.4) is 0 Å². The minimum absolute atomic E-state index is 0.265. The van der Waals surface area contributed by atoms with Crippen LogP contribution in [0.15, 0.2) is 4.52 Å². The monoisotopic (exact) mass is 251 g/mol. The number of nitrogens with two attached hydrogens (primary N) is 1. The normalized spacial score (nSPS) is 33.8. The zero-order valence-electron chi connectivity index (χ0n) is 11.5. The first-order chi connectivity index (χ1) is 8.24. The third-order valence-corrected chi connectivity index (χ3v) is 4.08. The largest absolute Gasteiger partial charge is 0.367 e. The van der Waals surface area contributed by atoms with Gasteiger partial charge in [-0.3, -0.25) is 0 Å². The number of ether oxygens (including phenoxy) is 1. The van der Waals surface area contributed by atoms with Crippen molar-refractivity contribution in [2.45, 2.75) is 69.6 Å². The molecule has 0 bridgehead atoms. The molecule has 1 unspecified atom stereocenters. The van der Waals surface area contributed by atoms with Gasteiger partial charge < -0.3 is 15.0 Å². The summed E-state index contributed by atoms with van der Waals surface area (Å²) in [5.74, 6) is 1.77. The van der Waals surface area contributed by atoms with Crippen molar-refractivity contribution in [3.63, 3.8) is 0 Å². The topological polar surface area (TPSA) is 74.2 Å². The van der Waals surface area contributed by atoms with Crippen LogP contribution in [0.1, 0.15) is 64.6 Å². The predicted octanol–water partition coefficient (Wildman–Crippen LogP) is 2.08. The van der Waals surface area contributed by atoms with Gasteiger partial charge in [0, 0.05) is 12.3 Å². The van der Waals surface area contributed by atoms with Crippen LogP contribution >= 0.6 is 0 Å². The van der Waals surface area contributed by atoms with E-state index in [4.69, 9.17) is 15.0 Å².